The van der Waals surface area contributed by atoms with Gasteiger partial charge in [-0.1, -0.05) is 32.4 Å². The van der Waals surface area contributed by atoms with Gasteiger partial charge in [0.1, 0.15) is 5.82 Å². The second kappa shape index (κ2) is 6.25. The zero-order valence-electron chi connectivity index (χ0n) is 12.3. The maximum Gasteiger partial charge on any atom is 0.491 e. The first-order valence-electron chi connectivity index (χ1n) is 7.30. The zero-order chi connectivity index (χ0) is 14.8. The lowest BCUT2D eigenvalue weighted by Gasteiger charge is -2.39. The van der Waals surface area contributed by atoms with Gasteiger partial charge in [-0.15, -0.1) is 0 Å². The average Bonchev–Trinajstić information content (AvgIpc) is 2.43. The van der Waals surface area contributed by atoms with E-state index >= 15 is 0 Å². The van der Waals surface area contributed by atoms with E-state index < -0.39 is 12.9 Å². The maximum atomic E-state index is 13.4. The van der Waals surface area contributed by atoms with Crippen molar-refractivity contribution in [2.24, 2.45) is 5.41 Å². The molecule has 1 aromatic rings. The first kappa shape index (κ1) is 15.5. The van der Waals surface area contributed by atoms with Crippen LogP contribution in [0.4, 0.5) is 4.39 Å². The second-order valence-electron chi connectivity index (χ2n) is 6.17. The molecule has 0 aliphatic carbocycles. The summed E-state index contributed by atoms with van der Waals surface area (Å²) < 4.78 is 13.4. The van der Waals surface area contributed by atoms with Crippen LogP contribution in [-0.2, 0) is 6.54 Å². The van der Waals surface area contributed by atoms with Gasteiger partial charge in [-0.3, -0.25) is 4.90 Å². The summed E-state index contributed by atoms with van der Waals surface area (Å²) in [5.41, 5.74) is 1.33. The third-order valence-electron chi connectivity index (χ3n) is 4.66. The molecule has 1 fully saturated rings. The van der Waals surface area contributed by atoms with Crippen LogP contribution in [0.3, 0.4) is 0 Å². The summed E-state index contributed by atoms with van der Waals surface area (Å²) in [6, 6.07) is 4.58. The summed E-state index contributed by atoms with van der Waals surface area (Å²) in [6.07, 6.45) is 3.57. The quantitative estimate of drug-likeness (QED) is 0.821. The van der Waals surface area contributed by atoms with E-state index in [9.17, 15) is 4.39 Å². The highest BCUT2D eigenvalue weighted by molar-refractivity contribution is 6.58. The highest BCUT2D eigenvalue weighted by atomic mass is 19.1. The molecule has 0 amide bonds. The van der Waals surface area contributed by atoms with Gasteiger partial charge in [0.05, 0.1) is 0 Å². The first-order chi connectivity index (χ1) is 9.43. The number of hydrogen-bond acceptors (Lipinski definition) is 3. The van der Waals surface area contributed by atoms with E-state index in [4.69, 9.17) is 10.0 Å². The Hall–Kier alpha value is -0.905. The van der Waals surface area contributed by atoms with Crippen LogP contribution in [0.1, 0.15) is 38.7 Å². The van der Waals surface area contributed by atoms with Crippen LogP contribution in [0.2, 0.25) is 0 Å². The van der Waals surface area contributed by atoms with E-state index in [1.165, 1.54) is 25.3 Å². The van der Waals surface area contributed by atoms with Crippen LogP contribution in [0.25, 0.3) is 0 Å². The Morgan fingerprint density at radius 1 is 1.30 bits per heavy atom. The fourth-order valence-corrected chi connectivity index (χ4v) is 2.75. The summed E-state index contributed by atoms with van der Waals surface area (Å²) in [5.74, 6) is -0.569. The number of rotatable bonds is 4. The number of halogens is 1. The topological polar surface area (TPSA) is 43.7 Å². The Bertz CT molecular complexity index is 459. The summed E-state index contributed by atoms with van der Waals surface area (Å²) in [7, 11) is -1.75. The molecule has 1 aliphatic rings. The van der Waals surface area contributed by atoms with Crippen molar-refractivity contribution in [2.45, 2.75) is 39.7 Å². The molecule has 2 N–H and O–H groups in total. The van der Waals surface area contributed by atoms with Crippen molar-refractivity contribution in [1.29, 1.82) is 0 Å². The van der Waals surface area contributed by atoms with Gasteiger partial charge in [0, 0.05) is 12.0 Å². The maximum absolute atomic E-state index is 13.4. The van der Waals surface area contributed by atoms with Gasteiger partial charge in [0.2, 0.25) is 0 Å². The number of nitrogens with zero attached hydrogens (tertiary/aromatic N) is 1. The molecule has 0 atom stereocenters. The molecule has 0 bridgehead atoms. The normalized spacial score (nSPS) is 19.1. The Balaban J connectivity index is 2.00. The summed E-state index contributed by atoms with van der Waals surface area (Å²) in [5, 5.41) is 18.3. The van der Waals surface area contributed by atoms with Gasteiger partial charge in [0.15, 0.2) is 0 Å². The molecule has 0 saturated carbocycles. The fourth-order valence-electron chi connectivity index (χ4n) is 2.75. The lowest BCUT2D eigenvalue weighted by atomic mass is 9.77. The lowest BCUT2D eigenvalue weighted by Crippen LogP contribution is -2.38. The Morgan fingerprint density at radius 2 is 1.95 bits per heavy atom. The van der Waals surface area contributed by atoms with Gasteiger partial charge < -0.3 is 10.0 Å². The molecule has 1 heterocycles. The summed E-state index contributed by atoms with van der Waals surface area (Å²) >= 11 is 0. The smallest absolute Gasteiger partial charge is 0.423 e. The van der Waals surface area contributed by atoms with E-state index in [0.29, 0.717) is 5.41 Å². The molecule has 3 nitrogen and oxygen atoms in total. The molecule has 1 saturated heterocycles. The predicted octanol–water partition coefficient (Wildman–Crippen LogP) is 1.52. The number of likely N-dealkylation sites (tertiary alicyclic amines) is 1. The molecule has 5 heteroatoms. The minimum Gasteiger partial charge on any atom is -0.423 e. The molecule has 1 aliphatic heterocycles. The summed E-state index contributed by atoms with van der Waals surface area (Å²) in [4.78, 5) is 2.35. The zero-order valence-corrected chi connectivity index (χ0v) is 12.3. The Morgan fingerprint density at radius 3 is 2.50 bits per heavy atom. The van der Waals surface area contributed by atoms with Crippen LogP contribution < -0.4 is 5.46 Å². The van der Waals surface area contributed by atoms with Crippen LogP contribution in [0, 0.1) is 11.2 Å². The highest BCUT2D eigenvalue weighted by Crippen LogP contribution is 2.34. The van der Waals surface area contributed by atoms with Gasteiger partial charge in [-0.25, -0.2) is 4.39 Å². The Labute approximate surface area is 120 Å². The van der Waals surface area contributed by atoms with Crippen molar-refractivity contribution in [3.63, 3.8) is 0 Å². The molecule has 2 rings (SSSR count). The predicted molar refractivity (Wildman–Crippen MR) is 79.1 cm³/mol. The molecule has 110 valence electrons. The third-order valence-corrected chi connectivity index (χ3v) is 4.66. The molecular weight excluding hydrogens is 256 g/mol. The standard InChI is InChI=1S/C15H23BFNO2/c1-3-15(2)6-8-18(9-7-15)11-12-4-5-14(17)13(10-12)16(19)20/h4-5,10,19-20H,3,6-9,11H2,1-2H3. The van der Waals surface area contributed by atoms with Crippen LogP contribution in [-0.4, -0.2) is 35.2 Å². The molecule has 0 aromatic heterocycles. The van der Waals surface area contributed by atoms with E-state index in [1.807, 2.05) is 0 Å². The van der Waals surface area contributed by atoms with Crippen LogP contribution >= 0.6 is 0 Å². The van der Waals surface area contributed by atoms with Crippen LogP contribution in [0.15, 0.2) is 18.2 Å². The molecule has 0 unspecified atom stereocenters. The number of benzene rings is 1. The first-order valence-corrected chi connectivity index (χ1v) is 7.30. The average molecular weight is 279 g/mol. The van der Waals surface area contributed by atoms with E-state index in [2.05, 4.69) is 18.7 Å². The van der Waals surface area contributed by atoms with E-state index in [-0.39, 0.29) is 5.46 Å². The van der Waals surface area contributed by atoms with Gasteiger partial charge in [-0.05, 0) is 43.0 Å². The summed E-state index contributed by atoms with van der Waals surface area (Å²) in [6.45, 7) is 7.39. The number of hydrogen-bond donors (Lipinski definition) is 2. The van der Waals surface area contributed by atoms with Gasteiger partial charge in [0.25, 0.3) is 0 Å². The van der Waals surface area contributed by atoms with Crippen LogP contribution in [0.5, 0.6) is 0 Å². The van der Waals surface area contributed by atoms with Crippen molar-refractivity contribution >= 4 is 12.6 Å². The molecular formula is C15H23BFNO2. The van der Waals surface area contributed by atoms with E-state index in [0.717, 1.165) is 25.2 Å². The van der Waals surface area contributed by atoms with Gasteiger partial charge >= 0.3 is 7.12 Å². The highest BCUT2D eigenvalue weighted by Gasteiger charge is 2.28. The SMILES string of the molecule is CCC1(C)CCN(Cc2ccc(F)c(B(O)O)c2)CC1. The van der Waals surface area contributed by atoms with Crippen molar-refractivity contribution in [3.8, 4) is 0 Å². The lowest BCUT2D eigenvalue weighted by molar-refractivity contribution is 0.109. The molecule has 20 heavy (non-hydrogen) atoms. The number of piperidine rings is 1. The largest absolute Gasteiger partial charge is 0.491 e. The Kier molecular flexibility index (Phi) is 4.84. The molecule has 0 radical (unpaired) electrons. The minimum atomic E-state index is -1.75. The van der Waals surface area contributed by atoms with Crippen molar-refractivity contribution in [3.05, 3.63) is 29.6 Å². The monoisotopic (exact) mass is 279 g/mol. The second-order valence-corrected chi connectivity index (χ2v) is 6.17. The van der Waals surface area contributed by atoms with E-state index in [1.54, 1.807) is 12.1 Å². The van der Waals surface area contributed by atoms with Crippen molar-refractivity contribution < 1.29 is 14.4 Å². The fraction of sp³-hybridized carbons (Fsp3) is 0.600. The van der Waals surface area contributed by atoms with Gasteiger partial charge in [-0.2, -0.15) is 0 Å². The molecule has 1 aromatic carbocycles. The molecule has 0 spiro atoms. The van der Waals surface area contributed by atoms with Crippen molar-refractivity contribution in [1.82, 2.24) is 4.90 Å². The van der Waals surface area contributed by atoms with Crippen molar-refractivity contribution in [2.75, 3.05) is 13.1 Å². The third kappa shape index (κ3) is 3.60. The minimum absolute atomic E-state index is 0.0436.